The van der Waals surface area contributed by atoms with Gasteiger partial charge in [-0.25, -0.2) is 0 Å². The van der Waals surface area contributed by atoms with Crippen LogP contribution in [0, 0.1) is 0 Å². The van der Waals surface area contributed by atoms with Gasteiger partial charge in [-0.05, 0) is 31.2 Å². The molecule has 2 aromatic heterocycles. The minimum Gasteiger partial charge on any atom is -0.378 e. The lowest BCUT2D eigenvalue weighted by Crippen LogP contribution is -2.44. The molecule has 2 fully saturated rings. The van der Waals surface area contributed by atoms with Crippen molar-refractivity contribution in [2.24, 2.45) is 0 Å². The van der Waals surface area contributed by atoms with Crippen molar-refractivity contribution in [3.8, 4) is 10.7 Å². The highest BCUT2D eigenvalue weighted by molar-refractivity contribution is 8.00. The number of rotatable bonds is 6. The summed E-state index contributed by atoms with van der Waals surface area (Å²) in [4.78, 5) is 15.7. The molecule has 2 atom stereocenters. The summed E-state index contributed by atoms with van der Waals surface area (Å²) in [6.07, 6.45) is 2.33. The zero-order valence-electron chi connectivity index (χ0n) is 15.4. The van der Waals surface area contributed by atoms with Crippen molar-refractivity contribution >= 4 is 29.0 Å². The van der Waals surface area contributed by atoms with Gasteiger partial charge >= 0.3 is 0 Å². The molecule has 0 saturated carbocycles. The summed E-state index contributed by atoms with van der Waals surface area (Å²) in [6, 6.07) is 4.07. The van der Waals surface area contributed by atoms with Crippen molar-refractivity contribution in [1.82, 2.24) is 19.7 Å². The molecule has 4 heterocycles. The molecule has 2 aliphatic rings. The van der Waals surface area contributed by atoms with Gasteiger partial charge in [0.2, 0.25) is 5.91 Å². The Morgan fingerprint density at radius 3 is 2.93 bits per heavy atom. The zero-order valence-corrected chi connectivity index (χ0v) is 17.0. The predicted molar refractivity (Wildman–Crippen MR) is 105 cm³/mol. The maximum absolute atomic E-state index is 12.8. The van der Waals surface area contributed by atoms with Crippen LogP contribution in [0.5, 0.6) is 0 Å². The number of aromatic nitrogens is 3. The SMILES string of the molecule is CC(Sc1nnc(-c2cccs2)n1CC1CCCO1)C(=O)N1CCOCC1. The molecule has 0 radical (unpaired) electrons. The average molecular weight is 409 g/mol. The fourth-order valence-corrected chi connectivity index (χ4v) is 5.03. The molecule has 0 aromatic carbocycles. The van der Waals surface area contributed by atoms with Crippen LogP contribution in [0.15, 0.2) is 22.7 Å². The lowest BCUT2D eigenvalue weighted by Gasteiger charge is -2.29. The third kappa shape index (κ3) is 4.37. The van der Waals surface area contributed by atoms with Crippen LogP contribution < -0.4 is 0 Å². The van der Waals surface area contributed by atoms with E-state index in [-0.39, 0.29) is 17.3 Å². The van der Waals surface area contributed by atoms with Crippen molar-refractivity contribution < 1.29 is 14.3 Å². The molecular weight excluding hydrogens is 384 g/mol. The van der Waals surface area contributed by atoms with Crippen molar-refractivity contribution in [1.29, 1.82) is 0 Å². The van der Waals surface area contributed by atoms with Gasteiger partial charge in [0.25, 0.3) is 0 Å². The first-order valence-electron chi connectivity index (χ1n) is 9.34. The fraction of sp³-hybridized carbons (Fsp3) is 0.611. The summed E-state index contributed by atoms with van der Waals surface area (Å²) in [7, 11) is 0. The van der Waals surface area contributed by atoms with E-state index < -0.39 is 0 Å². The maximum Gasteiger partial charge on any atom is 0.236 e. The Kier molecular flexibility index (Phi) is 6.11. The third-order valence-electron chi connectivity index (χ3n) is 4.82. The van der Waals surface area contributed by atoms with Crippen LogP contribution in [0.25, 0.3) is 10.7 Å². The van der Waals surface area contributed by atoms with E-state index in [0.29, 0.717) is 26.3 Å². The Balaban J connectivity index is 1.53. The zero-order chi connectivity index (χ0) is 18.6. The smallest absolute Gasteiger partial charge is 0.236 e. The molecule has 4 rings (SSSR count). The van der Waals surface area contributed by atoms with E-state index >= 15 is 0 Å². The minimum absolute atomic E-state index is 0.132. The molecule has 1 amide bonds. The summed E-state index contributed by atoms with van der Waals surface area (Å²) in [5.41, 5.74) is 0. The number of thioether (sulfide) groups is 1. The van der Waals surface area contributed by atoms with Crippen molar-refractivity contribution in [3.05, 3.63) is 17.5 Å². The highest BCUT2D eigenvalue weighted by atomic mass is 32.2. The lowest BCUT2D eigenvalue weighted by molar-refractivity contribution is -0.134. The van der Waals surface area contributed by atoms with Crippen molar-refractivity contribution in [3.63, 3.8) is 0 Å². The van der Waals surface area contributed by atoms with Crippen LogP contribution in [0.3, 0.4) is 0 Å². The summed E-state index contributed by atoms with van der Waals surface area (Å²) in [5.74, 6) is 0.988. The van der Waals surface area contributed by atoms with Gasteiger partial charge in [0.1, 0.15) is 0 Å². The van der Waals surface area contributed by atoms with E-state index in [1.165, 1.54) is 11.8 Å². The molecule has 2 aliphatic heterocycles. The molecule has 0 spiro atoms. The highest BCUT2D eigenvalue weighted by Crippen LogP contribution is 2.31. The molecular formula is C18H24N4O3S2. The second kappa shape index (κ2) is 8.72. The number of ether oxygens (including phenoxy) is 2. The van der Waals surface area contributed by atoms with Gasteiger partial charge < -0.3 is 14.4 Å². The second-order valence-corrected chi connectivity index (χ2v) is 8.98. The highest BCUT2D eigenvalue weighted by Gasteiger charge is 2.27. The van der Waals surface area contributed by atoms with Crippen molar-refractivity contribution in [2.75, 3.05) is 32.9 Å². The maximum atomic E-state index is 12.8. The standard InChI is InChI=1S/C18H24N4O3S2/c1-13(17(23)21-6-9-24-10-7-21)27-18-20-19-16(15-5-3-11-26-15)22(18)12-14-4-2-8-25-14/h3,5,11,13-14H,2,4,6-10,12H2,1H3. The summed E-state index contributed by atoms with van der Waals surface area (Å²) < 4.78 is 13.3. The van der Waals surface area contributed by atoms with Gasteiger partial charge in [0.15, 0.2) is 11.0 Å². The van der Waals surface area contributed by atoms with Gasteiger partial charge in [0.05, 0.1) is 36.0 Å². The van der Waals surface area contributed by atoms with Crippen LogP contribution >= 0.6 is 23.1 Å². The first kappa shape index (κ1) is 18.9. The largest absolute Gasteiger partial charge is 0.378 e. The van der Waals surface area contributed by atoms with Gasteiger partial charge in [-0.15, -0.1) is 21.5 Å². The van der Waals surface area contributed by atoms with Crippen LogP contribution in [0.2, 0.25) is 0 Å². The quantitative estimate of drug-likeness (QED) is 0.684. The van der Waals surface area contributed by atoms with Crippen molar-refractivity contribution in [2.45, 2.75) is 42.8 Å². The van der Waals surface area contributed by atoms with Gasteiger partial charge in [0, 0.05) is 19.7 Å². The molecule has 27 heavy (non-hydrogen) atoms. The van der Waals surface area contributed by atoms with E-state index in [1.54, 1.807) is 11.3 Å². The Labute approximate surface area is 167 Å². The van der Waals surface area contributed by atoms with Crippen LogP contribution in [0.4, 0.5) is 0 Å². The number of amides is 1. The molecule has 0 bridgehead atoms. The fourth-order valence-electron chi connectivity index (χ4n) is 3.37. The molecule has 146 valence electrons. The normalized spacial score (nSPS) is 21.5. The van der Waals surface area contributed by atoms with Gasteiger partial charge in [-0.3, -0.25) is 9.36 Å². The Morgan fingerprint density at radius 2 is 2.22 bits per heavy atom. The number of nitrogens with zero attached hydrogens (tertiary/aromatic N) is 4. The molecule has 0 aliphatic carbocycles. The number of thiophene rings is 1. The summed E-state index contributed by atoms with van der Waals surface area (Å²) in [6.45, 7) is 6.02. The second-order valence-electron chi connectivity index (χ2n) is 6.73. The topological polar surface area (TPSA) is 69.5 Å². The first-order chi connectivity index (χ1) is 13.2. The molecule has 7 nitrogen and oxygen atoms in total. The minimum atomic E-state index is -0.216. The number of carbonyl (C=O) groups excluding carboxylic acids is 1. The number of hydrogen-bond acceptors (Lipinski definition) is 7. The molecule has 2 aromatic rings. The van der Waals surface area contributed by atoms with E-state index in [1.807, 2.05) is 23.3 Å². The summed E-state index contributed by atoms with van der Waals surface area (Å²) in [5, 5.41) is 11.4. The first-order valence-corrected chi connectivity index (χ1v) is 11.1. The predicted octanol–water partition coefficient (Wildman–Crippen LogP) is 2.53. The van der Waals surface area contributed by atoms with Crippen LogP contribution in [-0.2, 0) is 20.8 Å². The van der Waals surface area contributed by atoms with E-state index in [4.69, 9.17) is 9.47 Å². The number of carbonyl (C=O) groups is 1. The van der Waals surface area contributed by atoms with Crippen LogP contribution in [-0.4, -0.2) is 69.8 Å². The average Bonchev–Trinajstić information content (AvgIpc) is 3.45. The van der Waals surface area contributed by atoms with E-state index in [2.05, 4.69) is 20.8 Å². The monoisotopic (exact) mass is 408 g/mol. The number of hydrogen-bond donors (Lipinski definition) is 0. The Morgan fingerprint density at radius 1 is 1.37 bits per heavy atom. The number of morpholine rings is 1. The van der Waals surface area contributed by atoms with Gasteiger partial charge in [-0.1, -0.05) is 17.8 Å². The summed E-state index contributed by atoms with van der Waals surface area (Å²) >= 11 is 3.13. The Hall–Kier alpha value is -1.42. The molecule has 2 saturated heterocycles. The lowest BCUT2D eigenvalue weighted by atomic mass is 10.2. The third-order valence-corrected chi connectivity index (χ3v) is 6.76. The Bertz CT molecular complexity index is 753. The molecule has 2 unspecified atom stereocenters. The van der Waals surface area contributed by atoms with Crippen LogP contribution in [0.1, 0.15) is 19.8 Å². The molecule has 9 heteroatoms. The van der Waals surface area contributed by atoms with Gasteiger partial charge in [-0.2, -0.15) is 0 Å². The van der Waals surface area contributed by atoms with E-state index in [9.17, 15) is 4.79 Å². The molecule has 0 N–H and O–H groups in total. The van der Waals surface area contributed by atoms with E-state index in [0.717, 1.165) is 41.9 Å².